The first-order valence-corrected chi connectivity index (χ1v) is 14.6. The SMILES string of the molecule is C=CCOC(=O)c1sc(N2C(=O)C(=O)/C(=C(\O)c3ccc(OCCCC)cc3)C2c2ccc(OCCC)cc2)nc1C. The number of nitrogens with zero attached hydrogens (tertiary/aromatic N) is 2. The van der Waals surface area contributed by atoms with Crippen molar-refractivity contribution in [1.82, 2.24) is 4.98 Å². The maximum absolute atomic E-state index is 13.5. The normalized spacial score (nSPS) is 16.0. The zero-order valence-electron chi connectivity index (χ0n) is 23.9. The molecule has 1 aromatic heterocycles. The van der Waals surface area contributed by atoms with E-state index >= 15 is 0 Å². The number of hydrogen-bond acceptors (Lipinski definition) is 9. The second-order valence-corrected chi connectivity index (χ2v) is 10.6. The highest BCUT2D eigenvalue weighted by molar-refractivity contribution is 7.17. The lowest BCUT2D eigenvalue weighted by Crippen LogP contribution is -2.29. The van der Waals surface area contributed by atoms with Gasteiger partial charge in [-0.25, -0.2) is 9.78 Å². The minimum atomic E-state index is -1.01. The van der Waals surface area contributed by atoms with Gasteiger partial charge in [0.1, 0.15) is 28.7 Å². The summed E-state index contributed by atoms with van der Waals surface area (Å²) in [5.74, 6) is -1.40. The van der Waals surface area contributed by atoms with Crippen LogP contribution in [0.2, 0.25) is 0 Å². The van der Waals surface area contributed by atoms with Crippen LogP contribution in [0.5, 0.6) is 11.5 Å². The summed E-state index contributed by atoms with van der Waals surface area (Å²) < 4.78 is 16.6. The van der Waals surface area contributed by atoms with Crippen molar-refractivity contribution in [3.05, 3.63) is 88.5 Å². The molecule has 2 heterocycles. The van der Waals surface area contributed by atoms with Gasteiger partial charge in [-0.2, -0.15) is 0 Å². The molecule has 0 radical (unpaired) electrons. The van der Waals surface area contributed by atoms with Crippen LogP contribution < -0.4 is 14.4 Å². The average molecular weight is 591 g/mol. The predicted octanol–water partition coefficient (Wildman–Crippen LogP) is 6.39. The van der Waals surface area contributed by atoms with Gasteiger partial charge in [0.25, 0.3) is 5.78 Å². The Bertz CT molecular complexity index is 1480. The fraction of sp³-hybridized carbons (Fsp3) is 0.312. The van der Waals surface area contributed by atoms with E-state index in [9.17, 15) is 19.5 Å². The molecule has 1 amide bonds. The van der Waals surface area contributed by atoms with Gasteiger partial charge in [0, 0.05) is 5.56 Å². The molecule has 0 bridgehead atoms. The molecule has 42 heavy (non-hydrogen) atoms. The van der Waals surface area contributed by atoms with Crippen molar-refractivity contribution in [3.8, 4) is 11.5 Å². The second kappa shape index (κ2) is 14.0. The molecular weight excluding hydrogens is 556 g/mol. The minimum absolute atomic E-state index is 0.0188. The number of hydrogen-bond donors (Lipinski definition) is 1. The number of carbonyl (C=O) groups excluding carboxylic acids is 3. The Kier molecular flexibility index (Phi) is 10.1. The molecule has 220 valence electrons. The number of thiazole rings is 1. The summed E-state index contributed by atoms with van der Waals surface area (Å²) in [5.41, 5.74) is 1.17. The van der Waals surface area contributed by atoms with Gasteiger partial charge < -0.3 is 19.3 Å². The van der Waals surface area contributed by atoms with E-state index in [-0.39, 0.29) is 27.9 Å². The third-order valence-electron chi connectivity index (χ3n) is 6.52. The number of carbonyl (C=O) groups is 3. The van der Waals surface area contributed by atoms with Crippen molar-refractivity contribution >= 4 is 39.9 Å². The van der Waals surface area contributed by atoms with Crippen LogP contribution in [0, 0.1) is 6.92 Å². The third-order valence-corrected chi connectivity index (χ3v) is 7.65. The molecule has 3 aromatic rings. The van der Waals surface area contributed by atoms with Crippen LogP contribution in [0.3, 0.4) is 0 Å². The maximum atomic E-state index is 13.5. The molecule has 1 saturated heterocycles. The van der Waals surface area contributed by atoms with E-state index in [2.05, 4.69) is 18.5 Å². The monoisotopic (exact) mass is 590 g/mol. The lowest BCUT2D eigenvalue weighted by atomic mass is 9.95. The van der Waals surface area contributed by atoms with Crippen LogP contribution in [-0.4, -0.2) is 47.6 Å². The lowest BCUT2D eigenvalue weighted by molar-refractivity contribution is -0.132. The first-order valence-electron chi connectivity index (χ1n) is 13.8. The Labute approximate surface area is 249 Å². The van der Waals surface area contributed by atoms with Gasteiger partial charge in [-0.15, -0.1) is 0 Å². The van der Waals surface area contributed by atoms with Crippen LogP contribution in [0.25, 0.3) is 5.76 Å². The number of unbranched alkanes of at least 4 members (excludes halogenated alkanes) is 1. The zero-order valence-corrected chi connectivity index (χ0v) is 24.7. The van der Waals surface area contributed by atoms with Gasteiger partial charge in [0.05, 0.1) is 30.5 Å². The van der Waals surface area contributed by atoms with E-state index in [1.165, 1.54) is 11.0 Å². The molecular formula is C32H34N2O7S. The molecule has 0 saturated carbocycles. The number of amides is 1. The molecule has 9 nitrogen and oxygen atoms in total. The molecule has 4 rings (SSSR count). The quantitative estimate of drug-likeness (QED) is 0.0608. The summed E-state index contributed by atoms with van der Waals surface area (Å²) >= 11 is 0.942. The van der Waals surface area contributed by atoms with Crippen LogP contribution in [0.15, 0.2) is 66.8 Å². The van der Waals surface area contributed by atoms with Gasteiger partial charge in [-0.1, -0.05) is 56.4 Å². The van der Waals surface area contributed by atoms with Gasteiger partial charge in [-0.3, -0.25) is 14.5 Å². The number of ketones is 1. The smallest absolute Gasteiger partial charge is 0.350 e. The molecule has 1 aliphatic heterocycles. The summed E-state index contributed by atoms with van der Waals surface area (Å²) in [6.07, 6.45) is 4.20. The second-order valence-electron chi connectivity index (χ2n) is 9.61. The van der Waals surface area contributed by atoms with Crippen molar-refractivity contribution in [3.63, 3.8) is 0 Å². The van der Waals surface area contributed by atoms with Crippen LogP contribution in [-0.2, 0) is 14.3 Å². The fourth-order valence-corrected chi connectivity index (χ4v) is 5.37. The van der Waals surface area contributed by atoms with Crippen molar-refractivity contribution in [2.45, 2.75) is 46.1 Å². The largest absolute Gasteiger partial charge is 0.507 e. The fourth-order valence-electron chi connectivity index (χ4n) is 4.39. The molecule has 0 aliphatic carbocycles. The Balaban J connectivity index is 1.78. The number of anilines is 1. The highest BCUT2D eigenvalue weighted by atomic mass is 32.1. The minimum Gasteiger partial charge on any atom is -0.507 e. The number of aliphatic hydroxyl groups is 1. The Hall–Kier alpha value is -4.44. The van der Waals surface area contributed by atoms with Crippen LogP contribution in [0.1, 0.15) is 65.6 Å². The topological polar surface area (TPSA) is 115 Å². The van der Waals surface area contributed by atoms with Crippen molar-refractivity contribution < 1.29 is 33.7 Å². The summed E-state index contributed by atoms with van der Waals surface area (Å²) in [4.78, 5) is 45.5. The number of Topliss-reactive ketones (excluding diaryl/α,β-unsaturated/α-hetero) is 1. The molecule has 1 unspecified atom stereocenters. The third kappa shape index (κ3) is 6.54. The van der Waals surface area contributed by atoms with Gasteiger partial charge in [-0.05, 0) is 61.7 Å². The maximum Gasteiger partial charge on any atom is 0.350 e. The van der Waals surface area contributed by atoms with Gasteiger partial charge in [0.15, 0.2) is 5.13 Å². The molecule has 1 aliphatic rings. The Morgan fingerprint density at radius 1 is 1.02 bits per heavy atom. The summed E-state index contributed by atoms with van der Waals surface area (Å²) in [7, 11) is 0. The van der Waals surface area contributed by atoms with Gasteiger partial charge >= 0.3 is 11.9 Å². The molecule has 0 spiro atoms. The molecule has 1 N–H and O–H groups in total. The molecule has 2 aromatic carbocycles. The number of ether oxygens (including phenoxy) is 3. The molecule has 1 fully saturated rings. The van der Waals surface area contributed by atoms with Crippen molar-refractivity contribution in [2.75, 3.05) is 24.7 Å². The first kappa shape index (κ1) is 30.5. The average Bonchev–Trinajstić information content (AvgIpc) is 3.51. The highest BCUT2D eigenvalue weighted by Crippen LogP contribution is 2.44. The van der Waals surface area contributed by atoms with E-state index in [4.69, 9.17) is 14.2 Å². The van der Waals surface area contributed by atoms with Crippen molar-refractivity contribution in [1.29, 1.82) is 0 Å². The van der Waals surface area contributed by atoms with E-state index in [0.717, 1.165) is 30.6 Å². The lowest BCUT2D eigenvalue weighted by Gasteiger charge is -2.23. The van der Waals surface area contributed by atoms with E-state index in [0.29, 0.717) is 41.5 Å². The van der Waals surface area contributed by atoms with E-state index in [1.807, 2.05) is 6.92 Å². The van der Waals surface area contributed by atoms with E-state index < -0.39 is 23.7 Å². The van der Waals surface area contributed by atoms with Crippen molar-refractivity contribution in [2.24, 2.45) is 0 Å². The summed E-state index contributed by atoms with van der Waals surface area (Å²) in [6, 6.07) is 12.7. The van der Waals surface area contributed by atoms with E-state index in [1.54, 1.807) is 55.5 Å². The highest BCUT2D eigenvalue weighted by Gasteiger charge is 2.48. The number of aryl methyl sites for hydroxylation is 1. The Morgan fingerprint density at radius 2 is 1.67 bits per heavy atom. The number of aliphatic hydroxyl groups excluding tert-OH is 1. The number of benzene rings is 2. The number of esters is 1. The number of rotatable bonds is 13. The van der Waals surface area contributed by atoms with Gasteiger partial charge in [0.2, 0.25) is 0 Å². The predicted molar refractivity (Wildman–Crippen MR) is 161 cm³/mol. The molecule has 10 heteroatoms. The standard InChI is InChI=1S/C32H34N2O7S/c1-5-8-19-40-24-15-11-22(12-16-24)27(35)25-26(21-9-13-23(14-10-21)39-17-6-2)34(30(37)28(25)36)32-33-20(4)29(42-32)31(38)41-18-7-3/h7,9-16,26,35H,3,5-6,8,17-19H2,1-2,4H3/b27-25-. The number of aromatic nitrogens is 1. The zero-order chi connectivity index (χ0) is 30.2. The Morgan fingerprint density at radius 3 is 2.29 bits per heavy atom. The summed E-state index contributed by atoms with van der Waals surface area (Å²) in [6.45, 7) is 10.4. The first-order chi connectivity index (χ1) is 20.3. The van der Waals surface area contributed by atoms with Crippen LogP contribution >= 0.6 is 11.3 Å². The van der Waals surface area contributed by atoms with Crippen LogP contribution in [0.4, 0.5) is 5.13 Å². The molecule has 1 atom stereocenters. The summed E-state index contributed by atoms with van der Waals surface area (Å²) in [5, 5.41) is 11.6.